The number of rotatable bonds is 8. The van der Waals surface area contributed by atoms with Gasteiger partial charge in [0, 0.05) is 54.6 Å². The molecule has 2 aromatic heterocycles. The van der Waals surface area contributed by atoms with Crippen LogP contribution < -0.4 is 19.7 Å². The van der Waals surface area contributed by atoms with Crippen molar-refractivity contribution >= 4 is 33.5 Å². The number of methoxy groups -OCH3 is 1. The number of carbonyl (C=O) groups excluding carboxylic acids is 1. The van der Waals surface area contributed by atoms with Gasteiger partial charge in [-0.1, -0.05) is 12.0 Å². The van der Waals surface area contributed by atoms with Crippen LogP contribution in [0.1, 0.15) is 64.9 Å². The first kappa shape index (κ1) is 36.9. The number of ether oxygens (including phenoxy) is 2. The zero-order valence-electron chi connectivity index (χ0n) is 31.6. The van der Waals surface area contributed by atoms with Crippen molar-refractivity contribution in [3.63, 3.8) is 0 Å². The third kappa shape index (κ3) is 7.03. The number of phenolic OH excluding ortho intramolecular Hbond substituents is 1. The minimum absolute atomic E-state index is 0.0123. The summed E-state index contributed by atoms with van der Waals surface area (Å²) in [7, 11) is 1.41. The van der Waals surface area contributed by atoms with Crippen molar-refractivity contribution in [1.82, 2.24) is 30.1 Å². The number of halogens is 3. The molecule has 3 aliphatic heterocycles. The molecule has 4 aliphatic rings. The number of aromatic hydroxyl groups is 1. The van der Waals surface area contributed by atoms with Crippen molar-refractivity contribution in [3.05, 3.63) is 41.5 Å². The van der Waals surface area contributed by atoms with Crippen molar-refractivity contribution < 1.29 is 32.5 Å². The van der Waals surface area contributed by atoms with E-state index >= 15 is 8.78 Å². The van der Waals surface area contributed by atoms with E-state index in [1.54, 1.807) is 0 Å². The van der Waals surface area contributed by atoms with Gasteiger partial charge in [0.05, 0.1) is 31.4 Å². The number of aromatic nitrogens is 3. The molecule has 2 aromatic carbocycles. The van der Waals surface area contributed by atoms with Crippen LogP contribution in [0.4, 0.5) is 23.8 Å². The number of benzene rings is 2. The number of nitrogens with zero attached hydrogens (tertiary/aromatic N) is 6. The van der Waals surface area contributed by atoms with Gasteiger partial charge in [-0.25, -0.2) is 22.9 Å². The van der Waals surface area contributed by atoms with E-state index in [9.17, 15) is 14.3 Å². The van der Waals surface area contributed by atoms with Crippen molar-refractivity contribution in [1.29, 1.82) is 0 Å². The molecule has 1 aliphatic carbocycles. The number of hydrogen-bond acceptors (Lipinski definition) is 9. The van der Waals surface area contributed by atoms with Gasteiger partial charge in [-0.3, -0.25) is 0 Å². The van der Waals surface area contributed by atoms with Crippen LogP contribution in [0.2, 0.25) is 0 Å². The number of urea groups is 1. The number of anilines is 1. The fraction of sp³-hybridized carbons (Fsp3) is 0.512. The second kappa shape index (κ2) is 13.9. The number of piperazine rings is 1. The summed E-state index contributed by atoms with van der Waals surface area (Å²) in [4.78, 5) is 33.8. The fourth-order valence-corrected chi connectivity index (χ4v) is 8.54. The Morgan fingerprint density at radius 2 is 1.76 bits per heavy atom. The molecule has 14 heteroatoms. The average molecular weight is 758 g/mol. The third-order valence-electron chi connectivity index (χ3n) is 11.4. The molecule has 0 radical (unpaired) electrons. The summed E-state index contributed by atoms with van der Waals surface area (Å²) in [6.45, 7) is 9.11. The Kier molecular flexibility index (Phi) is 9.35. The van der Waals surface area contributed by atoms with E-state index in [1.165, 1.54) is 31.4 Å². The Bertz CT molecular complexity index is 2200. The number of hydrogen-bond donors (Lipinski definition) is 2. The monoisotopic (exact) mass is 757 g/mol. The van der Waals surface area contributed by atoms with E-state index < -0.39 is 23.3 Å². The number of phenols is 1. The highest BCUT2D eigenvalue weighted by Gasteiger charge is 2.47. The maximum absolute atomic E-state index is 17.3. The van der Waals surface area contributed by atoms with Crippen molar-refractivity contribution in [2.75, 3.05) is 51.3 Å². The Morgan fingerprint density at radius 1 is 1.05 bits per heavy atom. The standard InChI is InChI=1S/C41H46F3N7O4/c1-6-28-30(43)10-7-23-17-27(52)18-29(31(23)28)34-33(44)35-32(37(45-34)54-5)36(50-19-25-8-9-26(20-50)51(25)39(53)48-40(2,3)4)47-38(46-35)55-22-41(13-14-41)21-49-15-11-24(42)12-16-49/h1,7,10,17-18,24-26,52H,8-9,11-16,19-22H2,2-5H3,(H,48,53). The van der Waals surface area contributed by atoms with Gasteiger partial charge in [0.25, 0.3) is 0 Å². The maximum atomic E-state index is 17.3. The second-order valence-electron chi connectivity index (χ2n) is 16.6. The zero-order chi connectivity index (χ0) is 38.8. The van der Waals surface area contributed by atoms with Gasteiger partial charge in [0.15, 0.2) is 5.82 Å². The van der Waals surface area contributed by atoms with E-state index in [0.29, 0.717) is 50.2 Å². The number of carbonyl (C=O) groups is 1. The van der Waals surface area contributed by atoms with Crippen molar-refractivity contribution in [2.24, 2.45) is 5.41 Å². The summed E-state index contributed by atoms with van der Waals surface area (Å²) in [6, 6.07) is 4.95. The van der Waals surface area contributed by atoms with Gasteiger partial charge in [0.1, 0.15) is 40.2 Å². The van der Waals surface area contributed by atoms with Gasteiger partial charge < -0.3 is 34.6 Å². The third-order valence-corrected chi connectivity index (χ3v) is 11.4. The zero-order valence-corrected chi connectivity index (χ0v) is 31.6. The van der Waals surface area contributed by atoms with Crippen LogP contribution in [0.25, 0.3) is 32.9 Å². The quantitative estimate of drug-likeness (QED) is 0.193. The summed E-state index contributed by atoms with van der Waals surface area (Å²) in [5.41, 5.74) is -0.980. The number of piperidine rings is 1. The van der Waals surface area contributed by atoms with Crippen LogP contribution >= 0.6 is 0 Å². The molecule has 8 rings (SSSR count). The molecule has 2 bridgehead atoms. The highest BCUT2D eigenvalue weighted by molar-refractivity contribution is 6.04. The van der Waals surface area contributed by atoms with Crippen molar-refractivity contribution in [3.8, 4) is 41.2 Å². The number of amides is 2. The first-order valence-corrected chi connectivity index (χ1v) is 19.0. The summed E-state index contributed by atoms with van der Waals surface area (Å²) < 4.78 is 58.4. The molecule has 3 saturated heterocycles. The lowest BCUT2D eigenvalue weighted by molar-refractivity contribution is 0.107. The van der Waals surface area contributed by atoms with Crippen molar-refractivity contribution in [2.45, 2.75) is 83.1 Å². The molecule has 11 nitrogen and oxygen atoms in total. The molecule has 1 saturated carbocycles. The molecule has 0 spiro atoms. The highest BCUT2D eigenvalue weighted by atomic mass is 19.1. The summed E-state index contributed by atoms with van der Waals surface area (Å²) in [6.07, 6.45) is 9.46. The SMILES string of the molecule is C#Cc1c(F)ccc2cc(O)cc(-c3nc(OC)c4c(N5CC6CCC(C5)N6C(=O)NC(C)(C)C)nc(OCC5(CN6CCC(F)CC6)CC5)nc4c3F)c12. The lowest BCUT2D eigenvalue weighted by atomic mass is 9.95. The fourth-order valence-electron chi connectivity index (χ4n) is 8.54. The number of pyridine rings is 1. The predicted molar refractivity (Wildman–Crippen MR) is 203 cm³/mol. The largest absolute Gasteiger partial charge is 0.508 e. The molecule has 5 heterocycles. The number of nitrogens with one attached hydrogen (secondary N) is 1. The lowest BCUT2D eigenvalue weighted by Crippen LogP contribution is -2.60. The van der Waals surface area contributed by atoms with Gasteiger partial charge in [-0.2, -0.15) is 9.97 Å². The summed E-state index contributed by atoms with van der Waals surface area (Å²) in [5, 5.41) is 14.6. The number of terminal acetylenes is 1. The van der Waals surface area contributed by atoms with E-state index in [2.05, 4.69) is 26.1 Å². The van der Waals surface area contributed by atoms with Gasteiger partial charge >= 0.3 is 12.0 Å². The number of fused-ring (bicyclic) bond motifs is 4. The molecule has 55 heavy (non-hydrogen) atoms. The molecule has 2 N–H and O–H groups in total. The molecule has 2 unspecified atom stereocenters. The second-order valence-corrected chi connectivity index (χ2v) is 16.6. The Hall–Kier alpha value is -5.03. The Labute approximate surface area is 318 Å². The molecule has 290 valence electrons. The van der Waals surface area contributed by atoms with Gasteiger partial charge in [-0.05, 0) is 82.9 Å². The minimum Gasteiger partial charge on any atom is -0.508 e. The smallest absolute Gasteiger partial charge is 0.319 e. The van der Waals surface area contributed by atoms with Crippen LogP contribution in [0.5, 0.6) is 17.6 Å². The van der Waals surface area contributed by atoms with Crippen LogP contribution in [0.3, 0.4) is 0 Å². The molecule has 4 aromatic rings. The Morgan fingerprint density at radius 3 is 2.40 bits per heavy atom. The van der Waals surface area contributed by atoms with Crippen LogP contribution in [0.15, 0.2) is 24.3 Å². The number of likely N-dealkylation sites (tertiary alicyclic amines) is 1. The normalized spacial score (nSPS) is 21.2. The summed E-state index contributed by atoms with van der Waals surface area (Å²) >= 11 is 0. The first-order valence-electron chi connectivity index (χ1n) is 19.0. The average Bonchev–Trinajstić information content (AvgIpc) is 3.86. The maximum Gasteiger partial charge on any atom is 0.319 e. The van der Waals surface area contributed by atoms with E-state index in [1.807, 2.05) is 30.6 Å². The molecular weight excluding hydrogens is 711 g/mol. The highest BCUT2D eigenvalue weighted by Crippen LogP contribution is 2.48. The molecule has 2 atom stereocenters. The molecule has 4 fully saturated rings. The number of alkyl halides is 1. The summed E-state index contributed by atoms with van der Waals surface area (Å²) in [5.74, 6) is 1.01. The minimum atomic E-state index is -0.857. The lowest BCUT2D eigenvalue weighted by Gasteiger charge is -2.42. The van der Waals surface area contributed by atoms with Crippen LogP contribution in [-0.2, 0) is 0 Å². The molecular formula is C41H46F3N7O4. The molecule has 2 amide bonds. The van der Waals surface area contributed by atoms with E-state index in [4.69, 9.17) is 20.9 Å². The van der Waals surface area contributed by atoms with Gasteiger partial charge in [-0.15, -0.1) is 6.42 Å². The van der Waals surface area contributed by atoms with Crippen LogP contribution in [-0.4, -0.2) is 106 Å². The topological polar surface area (TPSA) is 116 Å². The predicted octanol–water partition coefficient (Wildman–Crippen LogP) is 6.57. The van der Waals surface area contributed by atoms with E-state index in [-0.39, 0.29) is 80.9 Å². The first-order chi connectivity index (χ1) is 26.3. The Balaban J connectivity index is 1.23. The van der Waals surface area contributed by atoms with Gasteiger partial charge in [0.2, 0.25) is 5.88 Å². The van der Waals surface area contributed by atoms with E-state index in [0.717, 1.165) is 32.2 Å². The van der Waals surface area contributed by atoms with Crippen LogP contribution in [0, 0.1) is 29.4 Å².